The topological polar surface area (TPSA) is 27.7 Å². The average Bonchev–Trinajstić information content (AvgIpc) is 2.00. The van der Waals surface area contributed by atoms with Gasteiger partial charge in [0.05, 0.1) is 0 Å². The summed E-state index contributed by atoms with van der Waals surface area (Å²) in [6, 6.07) is -2.26. The van der Waals surface area contributed by atoms with Crippen molar-refractivity contribution in [2.45, 2.75) is 12.7 Å². The fourth-order valence-electron chi connectivity index (χ4n) is 0.481. The van der Waals surface area contributed by atoms with Crippen molar-refractivity contribution >= 4 is 0 Å². The first-order valence-electron chi connectivity index (χ1n) is 2.61. The second-order valence-electron chi connectivity index (χ2n) is 1.78. The molecule has 0 aromatic rings. The number of hydrogen-bond donors (Lipinski definition) is 0. The molecule has 1 aliphatic heterocycles. The van der Waals surface area contributed by atoms with Crippen LogP contribution < -0.4 is 0 Å². The third kappa shape index (κ3) is 3.18. The van der Waals surface area contributed by atoms with Crippen LogP contribution in [0.4, 0.5) is 31.0 Å². The smallest absolute Gasteiger partial charge is 0.368 e. The summed E-state index contributed by atoms with van der Waals surface area (Å²) < 4.78 is 78.4. The van der Waals surface area contributed by atoms with Gasteiger partial charge in [0, 0.05) is 0 Å². The van der Waals surface area contributed by atoms with E-state index in [-0.39, 0.29) is 4.70 Å². The first-order valence-corrected chi connectivity index (χ1v) is 2.61. The van der Waals surface area contributed by atoms with E-state index in [0.717, 1.165) is 0 Å². The van der Waals surface area contributed by atoms with Gasteiger partial charge in [0.1, 0.15) is 0 Å². The summed E-state index contributed by atoms with van der Waals surface area (Å²) in [6.45, 7) is 0. The van der Waals surface area contributed by atoms with Crippen molar-refractivity contribution in [2.24, 2.45) is 0 Å². The molecule has 0 aromatic heterocycles. The Morgan fingerprint density at radius 1 is 1.14 bits per heavy atom. The van der Waals surface area contributed by atoms with Crippen LogP contribution in [-0.4, -0.2) is 12.7 Å². The van der Waals surface area contributed by atoms with Crippen molar-refractivity contribution in [1.29, 1.82) is 0 Å². The number of rotatable bonds is 1. The molecule has 0 radical (unpaired) electrons. The number of ether oxygens (including phenoxy) is 3. The molecule has 1 rings (SSSR count). The molecule has 0 bridgehead atoms. The minimum absolute atomic E-state index is 0. The summed E-state index contributed by atoms with van der Waals surface area (Å²) >= 11 is 0. The summed E-state index contributed by atoms with van der Waals surface area (Å²) in [5.41, 5.74) is 0. The molecule has 0 saturated carbocycles. The molecular weight excluding hydrogens is 229 g/mol. The van der Waals surface area contributed by atoms with E-state index < -0.39 is 24.6 Å². The quantitative estimate of drug-likeness (QED) is 0.647. The largest absolute Gasteiger partial charge is 0.590 e. The van der Waals surface area contributed by atoms with Crippen LogP contribution in [0.5, 0.6) is 0 Å². The summed E-state index contributed by atoms with van der Waals surface area (Å²) in [4.78, 5) is 0. The molecule has 0 amide bonds. The zero-order chi connectivity index (χ0) is 10.3. The fraction of sp³-hybridized carbons (Fsp3) is 0.500. The minimum Gasteiger partial charge on any atom is -0.368 e. The Kier molecular flexibility index (Phi) is 3.09. The summed E-state index contributed by atoms with van der Waals surface area (Å²) in [5, 5.41) is 0. The van der Waals surface area contributed by atoms with Crippen LogP contribution in [0.3, 0.4) is 0 Å². The van der Waals surface area contributed by atoms with Crippen molar-refractivity contribution in [3.8, 4) is 0 Å². The molecule has 3 nitrogen and oxygen atoms in total. The van der Waals surface area contributed by atoms with E-state index in [0.29, 0.717) is 0 Å². The highest BCUT2D eigenvalue weighted by Crippen LogP contribution is 2.37. The highest BCUT2D eigenvalue weighted by Gasteiger charge is 2.50. The van der Waals surface area contributed by atoms with Crippen LogP contribution in [0.25, 0.3) is 0 Å². The first kappa shape index (κ1) is 12.7. The highest BCUT2D eigenvalue weighted by molar-refractivity contribution is 4.90. The molecule has 10 heteroatoms. The third-order valence-corrected chi connectivity index (χ3v) is 0.789. The van der Waals surface area contributed by atoms with Crippen molar-refractivity contribution in [3.05, 3.63) is 12.0 Å². The Balaban J connectivity index is 0.00000169. The van der Waals surface area contributed by atoms with E-state index in [1.165, 1.54) is 0 Å². The van der Waals surface area contributed by atoms with Crippen LogP contribution in [0, 0.1) is 0 Å². The van der Waals surface area contributed by atoms with Gasteiger partial charge in [0.15, 0.2) is 0 Å². The van der Waals surface area contributed by atoms with Gasteiger partial charge in [-0.3, -0.25) is 4.70 Å². The van der Waals surface area contributed by atoms with E-state index >= 15 is 0 Å². The molecule has 0 saturated heterocycles. The molecule has 84 valence electrons. The second kappa shape index (κ2) is 3.42. The monoisotopic (exact) mass is 230 g/mol. The van der Waals surface area contributed by atoms with Gasteiger partial charge in [-0.05, 0) is 0 Å². The lowest BCUT2D eigenvalue weighted by Crippen LogP contribution is -2.19. The third-order valence-electron chi connectivity index (χ3n) is 0.789. The Morgan fingerprint density at radius 2 is 1.64 bits per heavy atom. The minimum atomic E-state index is -5.32. The number of halogens is 7. The Hall–Kier alpha value is -1.35. The van der Waals surface area contributed by atoms with Gasteiger partial charge in [0.25, 0.3) is 0 Å². The van der Waals surface area contributed by atoms with Gasteiger partial charge in [-0.25, -0.2) is 0 Å². The van der Waals surface area contributed by atoms with Gasteiger partial charge in [-0.15, -0.1) is 22.0 Å². The molecule has 0 atom stereocenters. The summed E-state index contributed by atoms with van der Waals surface area (Å²) in [5.74, 6) is -2.04. The lowest BCUT2D eigenvalue weighted by Gasteiger charge is -2.09. The van der Waals surface area contributed by atoms with Crippen molar-refractivity contribution in [2.75, 3.05) is 0 Å². The normalized spacial score (nSPS) is 19.6. The molecule has 0 unspecified atom stereocenters. The summed E-state index contributed by atoms with van der Waals surface area (Å²) in [7, 11) is 0. The first-order chi connectivity index (χ1) is 5.70. The van der Waals surface area contributed by atoms with Crippen LogP contribution in [-0.2, 0) is 14.2 Å². The van der Waals surface area contributed by atoms with E-state index in [1.807, 2.05) is 0 Å². The van der Waals surface area contributed by atoms with E-state index in [4.69, 9.17) is 0 Å². The van der Waals surface area contributed by atoms with Crippen molar-refractivity contribution < 1.29 is 45.3 Å². The molecule has 14 heavy (non-hydrogen) atoms. The molecule has 0 N–H and O–H groups in total. The predicted molar refractivity (Wildman–Crippen MR) is 24.9 cm³/mol. The molecule has 0 fully saturated rings. The van der Waals surface area contributed by atoms with Crippen LogP contribution in [0.1, 0.15) is 0 Å². The SMILES string of the molecule is F.FC1=C(OC(F)(F)F)OC(F)(F)O1. The molecule has 1 heterocycles. The van der Waals surface area contributed by atoms with Crippen LogP contribution >= 0.6 is 0 Å². The van der Waals surface area contributed by atoms with Gasteiger partial charge < -0.3 is 14.2 Å². The van der Waals surface area contributed by atoms with E-state index in [2.05, 4.69) is 14.2 Å². The number of hydrogen-bond acceptors (Lipinski definition) is 3. The Labute approximate surface area is 71.2 Å². The van der Waals surface area contributed by atoms with Gasteiger partial charge in [-0.2, -0.15) is 4.39 Å². The standard InChI is InChI=1S/C4F6O3.FH/c5-1-2(12-3(6,7)8)13-4(9,10)11-1;/h;1H. The zero-order valence-corrected chi connectivity index (χ0v) is 5.90. The van der Waals surface area contributed by atoms with Crippen molar-refractivity contribution in [1.82, 2.24) is 0 Å². The van der Waals surface area contributed by atoms with Crippen LogP contribution in [0.15, 0.2) is 12.0 Å². The maximum Gasteiger partial charge on any atom is 0.590 e. The van der Waals surface area contributed by atoms with Crippen molar-refractivity contribution in [3.63, 3.8) is 0 Å². The maximum absolute atomic E-state index is 12.0. The number of alkyl halides is 5. The molecule has 1 aliphatic rings. The van der Waals surface area contributed by atoms with E-state index in [9.17, 15) is 26.3 Å². The molecule has 0 spiro atoms. The molecule has 0 aromatic carbocycles. The second-order valence-corrected chi connectivity index (χ2v) is 1.78. The van der Waals surface area contributed by atoms with Gasteiger partial charge in [-0.1, -0.05) is 0 Å². The predicted octanol–water partition coefficient (Wildman–Crippen LogP) is 2.37. The van der Waals surface area contributed by atoms with E-state index in [1.54, 1.807) is 0 Å². The van der Waals surface area contributed by atoms with Crippen LogP contribution in [0.2, 0.25) is 0 Å². The fourth-order valence-corrected chi connectivity index (χ4v) is 0.481. The maximum atomic E-state index is 12.0. The Bertz CT molecular complexity index is 244. The van der Waals surface area contributed by atoms with Gasteiger partial charge >= 0.3 is 24.6 Å². The average molecular weight is 230 g/mol. The lowest BCUT2D eigenvalue weighted by atomic mass is 10.9. The Morgan fingerprint density at radius 3 is 1.93 bits per heavy atom. The molecular formula is C4HF7O3. The van der Waals surface area contributed by atoms with Gasteiger partial charge in [0.2, 0.25) is 0 Å². The highest BCUT2D eigenvalue weighted by atomic mass is 19.4. The molecule has 0 aliphatic carbocycles. The lowest BCUT2D eigenvalue weighted by molar-refractivity contribution is -0.374. The summed E-state index contributed by atoms with van der Waals surface area (Å²) in [6.07, 6.45) is -9.79. The zero-order valence-electron chi connectivity index (χ0n) is 5.90.